The number of rotatable bonds is 3. The van der Waals surface area contributed by atoms with Crippen LogP contribution in [-0.4, -0.2) is 26.0 Å². The lowest BCUT2D eigenvalue weighted by molar-refractivity contribution is 0.318. The standard InChI is InChI=1S/C11H10ClN5OS/c1-6-5-8(9(13)17-18)16-11(15-6)19-10-7(12)3-2-4-14-10/h2-5,18H,1H3,(H2,13,17). The lowest BCUT2D eigenvalue weighted by Gasteiger charge is -2.05. The number of hydrogen-bond donors (Lipinski definition) is 2. The van der Waals surface area contributed by atoms with Crippen LogP contribution in [0.2, 0.25) is 5.02 Å². The second kappa shape index (κ2) is 5.85. The van der Waals surface area contributed by atoms with Gasteiger partial charge in [0.15, 0.2) is 11.0 Å². The number of hydrogen-bond acceptors (Lipinski definition) is 6. The van der Waals surface area contributed by atoms with Crippen LogP contribution in [0.5, 0.6) is 0 Å². The van der Waals surface area contributed by atoms with Crippen LogP contribution in [0.3, 0.4) is 0 Å². The van der Waals surface area contributed by atoms with Crippen molar-refractivity contribution >= 4 is 29.2 Å². The monoisotopic (exact) mass is 295 g/mol. The van der Waals surface area contributed by atoms with Gasteiger partial charge < -0.3 is 10.9 Å². The van der Waals surface area contributed by atoms with E-state index in [-0.39, 0.29) is 5.84 Å². The highest BCUT2D eigenvalue weighted by Crippen LogP contribution is 2.28. The highest BCUT2D eigenvalue weighted by Gasteiger charge is 2.10. The van der Waals surface area contributed by atoms with E-state index < -0.39 is 0 Å². The molecule has 2 aromatic heterocycles. The molecule has 0 aliphatic carbocycles. The summed E-state index contributed by atoms with van der Waals surface area (Å²) >= 11 is 7.23. The van der Waals surface area contributed by atoms with Gasteiger partial charge in [0.1, 0.15) is 10.7 Å². The summed E-state index contributed by atoms with van der Waals surface area (Å²) in [5, 5.41) is 13.1. The van der Waals surface area contributed by atoms with E-state index in [1.807, 2.05) is 0 Å². The molecular formula is C11H10ClN5OS. The predicted octanol–water partition coefficient (Wildman–Crippen LogP) is 2.08. The van der Waals surface area contributed by atoms with Gasteiger partial charge in [-0.3, -0.25) is 0 Å². The van der Waals surface area contributed by atoms with Crippen molar-refractivity contribution in [2.45, 2.75) is 17.1 Å². The summed E-state index contributed by atoms with van der Waals surface area (Å²) in [4.78, 5) is 12.6. The Bertz CT molecular complexity index is 634. The topological polar surface area (TPSA) is 97.3 Å². The van der Waals surface area contributed by atoms with Crippen molar-refractivity contribution in [1.82, 2.24) is 15.0 Å². The summed E-state index contributed by atoms with van der Waals surface area (Å²) in [6.07, 6.45) is 1.63. The highest BCUT2D eigenvalue weighted by molar-refractivity contribution is 7.99. The first kappa shape index (κ1) is 13.6. The van der Waals surface area contributed by atoms with Gasteiger partial charge in [0.25, 0.3) is 0 Å². The first-order valence-corrected chi connectivity index (χ1v) is 6.41. The van der Waals surface area contributed by atoms with Crippen LogP contribution in [0.25, 0.3) is 0 Å². The lowest BCUT2D eigenvalue weighted by atomic mass is 10.3. The van der Waals surface area contributed by atoms with Crippen molar-refractivity contribution in [2.24, 2.45) is 10.9 Å². The summed E-state index contributed by atoms with van der Waals surface area (Å²) in [7, 11) is 0. The molecule has 2 heterocycles. The number of nitrogens with zero attached hydrogens (tertiary/aromatic N) is 4. The maximum absolute atomic E-state index is 8.67. The largest absolute Gasteiger partial charge is 0.409 e. The molecule has 98 valence electrons. The summed E-state index contributed by atoms with van der Waals surface area (Å²) in [5.74, 6) is -0.0699. The number of oxime groups is 1. The smallest absolute Gasteiger partial charge is 0.194 e. The SMILES string of the molecule is Cc1cc(/C(N)=N/O)nc(Sc2ncccc2Cl)n1. The molecule has 0 bridgehead atoms. The van der Waals surface area contributed by atoms with E-state index in [2.05, 4.69) is 20.1 Å². The molecule has 0 aliphatic heterocycles. The predicted molar refractivity (Wildman–Crippen MR) is 72.6 cm³/mol. The average Bonchev–Trinajstić information content (AvgIpc) is 2.40. The Kier molecular flexibility index (Phi) is 4.18. The Hall–Kier alpha value is -1.86. The van der Waals surface area contributed by atoms with E-state index in [9.17, 15) is 0 Å². The summed E-state index contributed by atoms with van der Waals surface area (Å²) in [6, 6.07) is 5.10. The van der Waals surface area contributed by atoms with Crippen LogP contribution in [0, 0.1) is 6.92 Å². The van der Waals surface area contributed by atoms with E-state index in [1.165, 1.54) is 11.8 Å². The molecule has 2 aromatic rings. The van der Waals surface area contributed by atoms with Crippen molar-refractivity contribution in [3.05, 3.63) is 40.8 Å². The Morgan fingerprint density at radius 1 is 1.47 bits per heavy atom. The van der Waals surface area contributed by atoms with E-state index in [0.29, 0.717) is 26.6 Å². The van der Waals surface area contributed by atoms with Crippen LogP contribution in [0.4, 0.5) is 0 Å². The van der Waals surface area contributed by atoms with Crippen LogP contribution < -0.4 is 5.73 Å². The molecule has 0 spiro atoms. The second-order valence-electron chi connectivity index (χ2n) is 3.55. The average molecular weight is 296 g/mol. The Balaban J connectivity index is 2.36. The molecule has 8 heteroatoms. The van der Waals surface area contributed by atoms with Gasteiger partial charge in [0.05, 0.1) is 5.02 Å². The van der Waals surface area contributed by atoms with Gasteiger partial charge in [-0.05, 0) is 36.9 Å². The van der Waals surface area contributed by atoms with Crippen molar-refractivity contribution in [3.8, 4) is 0 Å². The molecule has 0 aromatic carbocycles. The number of nitrogens with two attached hydrogens (primary N) is 1. The molecule has 0 aliphatic rings. The molecule has 0 unspecified atom stereocenters. The Morgan fingerprint density at radius 3 is 2.95 bits per heavy atom. The quantitative estimate of drug-likeness (QED) is 0.296. The minimum atomic E-state index is -0.0699. The van der Waals surface area contributed by atoms with Gasteiger partial charge in [-0.25, -0.2) is 15.0 Å². The third-order valence-electron chi connectivity index (χ3n) is 2.12. The zero-order chi connectivity index (χ0) is 13.8. The zero-order valence-electron chi connectivity index (χ0n) is 9.91. The van der Waals surface area contributed by atoms with E-state index in [0.717, 1.165) is 0 Å². The molecule has 3 N–H and O–H groups in total. The van der Waals surface area contributed by atoms with Crippen molar-refractivity contribution < 1.29 is 5.21 Å². The highest BCUT2D eigenvalue weighted by atomic mass is 35.5. The third-order valence-corrected chi connectivity index (χ3v) is 3.42. The third kappa shape index (κ3) is 3.33. The first-order chi connectivity index (χ1) is 9.10. The maximum Gasteiger partial charge on any atom is 0.194 e. The van der Waals surface area contributed by atoms with Crippen LogP contribution in [-0.2, 0) is 0 Å². The first-order valence-electron chi connectivity index (χ1n) is 5.22. The number of aryl methyl sites for hydroxylation is 1. The molecule has 0 atom stereocenters. The zero-order valence-corrected chi connectivity index (χ0v) is 11.5. The molecule has 6 nitrogen and oxygen atoms in total. The lowest BCUT2D eigenvalue weighted by Crippen LogP contribution is -2.16. The van der Waals surface area contributed by atoms with Crippen molar-refractivity contribution in [1.29, 1.82) is 0 Å². The molecular weight excluding hydrogens is 286 g/mol. The van der Waals surface area contributed by atoms with Crippen molar-refractivity contribution in [2.75, 3.05) is 0 Å². The van der Waals surface area contributed by atoms with E-state index in [4.69, 9.17) is 22.5 Å². The van der Waals surface area contributed by atoms with Crippen LogP contribution in [0.1, 0.15) is 11.4 Å². The van der Waals surface area contributed by atoms with E-state index >= 15 is 0 Å². The van der Waals surface area contributed by atoms with Crippen LogP contribution >= 0.6 is 23.4 Å². The number of pyridine rings is 1. The van der Waals surface area contributed by atoms with E-state index in [1.54, 1.807) is 31.3 Å². The Morgan fingerprint density at radius 2 is 2.26 bits per heavy atom. The second-order valence-corrected chi connectivity index (χ2v) is 4.92. The fourth-order valence-corrected chi connectivity index (χ4v) is 2.33. The molecule has 0 amide bonds. The van der Waals surface area contributed by atoms with Crippen LogP contribution in [0.15, 0.2) is 39.7 Å². The van der Waals surface area contributed by atoms with Crippen molar-refractivity contribution in [3.63, 3.8) is 0 Å². The molecule has 0 fully saturated rings. The normalized spacial score (nSPS) is 11.6. The van der Waals surface area contributed by atoms with Gasteiger partial charge >= 0.3 is 0 Å². The Labute approximate surface area is 118 Å². The van der Waals surface area contributed by atoms with Gasteiger partial charge in [0.2, 0.25) is 0 Å². The summed E-state index contributed by atoms with van der Waals surface area (Å²) < 4.78 is 0. The summed E-state index contributed by atoms with van der Waals surface area (Å²) in [6.45, 7) is 1.79. The molecule has 19 heavy (non-hydrogen) atoms. The van der Waals surface area contributed by atoms with Gasteiger partial charge in [0, 0.05) is 11.9 Å². The fraction of sp³-hybridized carbons (Fsp3) is 0.0909. The minimum Gasteiger partial charge on any atom is -0.409 e. The molecule has 0 saturated carbocycles. The number of halogens is 1. The summed E-state index contributed by atoms with van der Waals surface area (Å²) in [5.41, 5.74) is 6.57. The molecule has 0 saturated heterocycles. The molecule has 2 rings (SSSR count). The molecule has 0 radical (unpaired) electrons. The van der Waals surface area contributed by atoms with Gasteiger partial charge in [-0.1, -0.05) is 16.8 Å². The number of aromatic nitrogens is 3. The van der Waals surface area contributed by atoms with Gasteiger partial charge in [-0.2, -0.15) is 0 Å². The minimum absolute atomic E-state index is 0.0699. The van der Waals surface area contributed by atoms with Gasteiger partial charge in [-0.15, -0.1) is 0 Å². The number of amidine groups is 1. The maximum atomic E-state index is 8.67. The fourth-order valence-electron chi connectivity index (χ4n) is 1.30.